The number of fused-ring (bicyclic) bond motifs is 1. The molecule has 0 spiro atoms. The molecule has 0 radical (unpaired) electrons. The van der Waals surface area contributed by atoms with Gasteiger partial charge in [0.25, 0.3) is 0 Å². The second kappa shape index (κ2) is 4.75. The van der Waals surface area contributed by atoms with Crippen LogP contribution in [0.15, 0.2) is 22.7 Å². The minimum absolute atomic E-state index is 0.200. The molecule has 6 heteroatoms. The number of ether oxygens (including phenoxy) is 2. The van der Waals surface area contributed by atoms with E-state index in [4.69, 9.17) is 31.3 Å². The zero-order valence-electron chi connectivity index (χ0n) is 10.4. The Morgan fingerprint density at radius 2 is 2.05 bits per heavy atom. The number of hydrogen-bond donors (Lipinski definition) is 1. The lowest BCUT2D eigenvalue weighted by Gasteiger charge is -2.19. The van der Waals surface area contributed by atoms with Crippen LogP contribution in [0.5, 0.6) is 11.5 Å². The molecular weight excluding hydrogens is 268 g/mol. The van der Waals surface area contributed by atoms with E-state index in [1.54, 1.807) is 12.1 Å². The van der Waals surface area contributed by atoms with Crippen LogP contribution < -0.4 is 15.2 Å². The molecule has 2 N–H and O–H groups in total. The average Bonchev–Trinajstić information content (AvgIpc) is 2.88. The normalized spacial score (nSPS) is 15.3. The summed E-state index contributed by atoms with van der Waals surface area (Å²) in [5.41, 5.74) is 7.22. The minimum Gasteiger partial charge on any atom is -0.486 e. The molecule has 1 aromatic heterocycles. The van der Waals surface area contributed by atoms with Gasteiger partial charge < -0.3 is 19.7 Å². The highest BCUT2D eigenvalue weighted by Crippen LogP contribution is 2.41. The van der Waals surface area contributed by atoms with E-state index < -0.39 is 0 Å². The topological polar surface area (TPSA) is 70.5 Å². The molecule has 0 saturated carbocycles. The van der Waals surface area contributed by atoms with E-state index in [0.29, 0.717) is 41.2 Å². The zero-order chi connectivity index (χ0) is 13.4. The van der Waals surface area contributed by atoms with Gasteiger partial charge in [0, 0.05) is 11.6 Å². The molecule has 1 unspecified atom stereocenters. The van der Waals surface area contributed by atoms with Crippen LogP contribution in [0.4, 0.5) is 0 Å². The van der Waals surface area contributed by atoms with E-state index in [0.717, 1.165) is 5.56 Å². The first-order valence-corrected chi connectivity index (χ1v) is 6.34. The van der Waals surface area contributed by atoms with E-state index in [-0.39, 0.29) is 6.04 Å². The van der Waals surface area contributed by atoms with E-state index in [2.05, 4.69) is 5.16 Å². The summed E-state index contributed by atoms with van der Waals surface area (Å²) in [5, 5.41) is 4.49. The van der Waals surface area contributed by atoms with Crippen molar-refractivity contribution < 1.29 is 14.0 Å². The number of halogens is 1. The fourth-order valence-corrected chi connectivity index (χ4v) is 2.16. The molecule has 3 rings (SSSR count). The van der Waals surface area contributed by atoms with Crippen molar-refractivity contribution in [1.29, 1.82) is 0 Å². The fraction of sp³-hybridized carbons (Fsp3) is 0.308. The summed E-state index contributed by atoms with van der Waals surface area (Å²) in [6.45, 7) is 2.85. The Morgan fingerprint density at radius 1 is 1.26 bits per heavy atom. The number of aromatic nitrogens is 1. The first-order chi connectivity index (χ1) is 9.15. The Bertz CT molecular complexity index is 610. The number of hydrogen-bond acceptors (Lipinski definition) is 5. The van der Waals surface area contributed by atoms with Crippen molar-refractivity contribution in [2.24, 2.45) is 5.73 Å². The van der Waals surface area contributed by atoms with Gasteiger partial charge in [-0.1, -0.05) is 16.8 Å². The number of benzene rings is 1. The van der Waals surface area contributed by atoms with Crippen LogP contribution in [0.3, 0.4) is 0 Å². The summed E-state index contributed by atoms with van der Waals surface area (Å²) in [6, 6.07) is 5.21. The van der Waals surface area contributed by atoms with Gasteiger partial charge in [0.15, 0.2) is 17.3 Å². The van der Waals surface area contributed by atoms with Crippen LogP contribution in [0.1, 0.15) is 18.7 Å². The Kier molecular flexibility index (Phi) is 3.08. The van der Waals surface area contributed by atoms with Gasteiger partial charge in [-0.3, -0.25) is 0 Å². The summed E-state index contributed by atoms with van der Waals surface area (Å²) < 4.78 is 16.2. The lowest BCUT2D eigenvalue weighted by Crippen LogP contribution is -2.15. The predicted octanol–water partition coefficient (Wildman–Crippen LogP) is 2.79. The van der Waals surface area contributed by atoms with Crippen LogP contribution in [-0.4, -0.2) is 18.4 Å². The molecule has 100 valence electrons. The van der Waals surface area contributed by atoms with E-state index in [1.165, 1.54) is 0 Å². The highest BCUT2D eigenvalue weighted by molar-refractivity contribution is 6.32. The second-order valence-electron chi connectivity index (χ2n) is 4.39. The van der Waals surface area contributed by atoms with Gasteiger partial charge in [0.1, 0.15) is 18.9 Å². The Labute approximate surface area is 115 Å². The number of rotatable bonds is 2. The minimum atomic E-state index is -0.200. The lowest BCUT2D eigenvalue weighted by atomic mass is 10.1. The van der Waals surface area contributed by atoms with E-state index in [1.807, 2.05) is 13.0 Å². The molecule has 0 amide bonds. The summed E-state index contributed by atoms with van der Waals surface area (Å²) in [7, 11) is 0. The molecule has 2 heterocycles. The predicted molar refractivity (Wildman–Crippen MR) is 70.5 cm³/mol. The quantitative estimate of drug-likeness (QED) is 0.916. The average molecular weight is 281 g/mol. The van der Waals surface area contributed by atoms with Crippen LogP contribution in [0.2, 0.25) is 5.02 Å². The zero-order valence-corrected chi connectivity index (χ0v) is 11.1. The summed E-state index contributed by atoms with van der Waals surface area (Å²) in [5.74, 6) is 1.83. The van der Waals surface area contributed by atoms with Crippen LogP contribution >= 0.6 is 11.6 Å². The van der Waals surface area contributed by atoms with Gasteiger partial charge in [-0.25, -0.2) is 0 Å². The maximum absolute atomic E-state index is 6.18. The molecule has 5 nitrogen and oxygen atoms in total. The third-order valence-electron chi connectivity index (χ3n) is 2.87. The van der Waals surface area contributed by atoms with Crippen molar-refractivity contribution in [1.82, 2.24) is 5.16 Å². The third kappa shape index (κ3) is 2.27. The summed E-state index contributed by atoms with van der Waals surface area (Å²) in [4.78, 5) is 0. The van der Waals surface area contributed by atoms with Gasteiger partial charge in [-0.05, 0) is 19.1 Å². The van der Waals surface area contributed by atoms with Crippen molar-refractivity contribution in [3.8, 4) is 22.8 Å². The number of nitrogens with zero attached hydrogens (tertiary/aromatic N) is 1. The van der Waals surface area contributed by atoms with Gasteiger partial charge in [-0.2, -0.15) is 0 Å². The molecule has 0 saturated heterocycles. The lowest BCUT2D eigenvalue weighted by molar-refractivity contribution is 0.172. The number of nitrogens with two attached hydrogens (primary N) is 1. The third-order valence-corrected chi connectivity index (χ3v) is 3.15. The second-order valence-corrected chi connectivity index (χ2v) is 4.79. The molecule has 1 aliphatic rings. The van der Waals surface area contributed by atoms with Crippen molar-refractivity contribution >= 4 is 11.6 Å². The highest BCUT2D eigenvalue weighted by atomic mass is 35.5. The largest absolute Gasteiger partial charge is 0.486 e. The Balaban J connectivity index is 2.02. The van der Waals surface area contributed by atoms with Gasteiger partial charge in [-0.15, -0.1) is 0 Å². The summed E-state index contributed by atoms with van der Waals surface area (Å²) >= 11 is 6.18. The summed E-state index contributed by atoms with van der Waals surface area (Å²) in [6.07, 6.45) is 0. The fourth-order valence-electron chi connectivity index (χ4n) is 1.90. The molecule has 1 atom stereocenters. The molecule has 0 bridgehead atoms. The Hall–Kier alpha value is -1.72. The first-order valence-electron chi connectivity index (χ1n) is 5.97. The standard InChI is InChI=1S/C13H13ClN2O3/c1-7(15)11-6-10(16-19-11)8-4-9(14)13-12(5-8)17-2-3-18-13/h4-7H,2-3,15H2,1H3. The maximum Gasteiger partial charge on any atom is 0.179 e. The van der Waals surface area contributed by atoms with Crippen molar-refractivity contribution in [3.05, 3.63) is 29.0 Å². The van der Waals surface area contributed by atoms with E-state index >= 15 is 0 Å². The molecule has 19 heavy (non-hydrogen) atoms. The van der Waals surface area contributed by atoms with E-state index in [9.17, 15) is 0 Å². The SMILES string of the molecule is CC(N)c1cc(-c2cc(Cl)c3c(c2)OCCO3)no1. The van der Waals surface area contributed by atoms with Crippen molar-refractivity contribution in [3.63, 3.8) is 0 Å². The van der Waals surface area contributed by atoms with Crippen molar-refractivity contribution in [2.45, 2.75) is 13.0 Å². The first kappa shape index (κ1) is 12.3. The van der Waals surface area contributed by atoms with Crippen LogP contribution in [-0.2, 0) is 0 Å². The van der Waals surface area contributed by atoms with Crippen molar-refractivity contribution in [2.75, 3.05) is 13.2 Å². The Morgan fingerprint density at radius 3 is 2.79 bits per heavy atom. The molecule has 0 aliphatic carbocycles. The highest BCUT2D eigenvalue weighted by Gasteiger charge is 2.19. The smallest absolute Gasteiger partial charge is 0.179 e. The molecule has 0 fully saturated rings. The molecular formula is C13H13ClN2O3. The van der Waals surface area contributed by atoms with Crippen LogP contribution in [0.25, 0.3) is 11.3 Å². The molecule has 1 aromatic carbocycles. The van der Waals surface area contributed by atoms with Gasteiger partial charge in [0.2, 0.25) is 0 Å². The van der Waals surface area contributed by atoms with Crippen LogP contribution in [0, 0.1) is 0 Å². The van der Waals surface area contributed by atoms with Gasteiger partial charge >= 0.3 is 0 Å². The monoisotopic (exact) mass is 280 g/mol. The molecule has 2 aromatic rings. The maximum atomic E-state index is 6.18. The van der Waals surface area contributed by atoms with Gasteiger partial charge in [0.05, 0.1) is 11.1 Å². The molecule has 1 aliphatic heterocycles.